The monoisotopic (exact) mass is 502 g/mol. The quantitative estimate of drug-likeness (QED) is 0.445. The summed E-state index contributed by atoms with van der Waals surface area (Å²) in [6, 6.07) is 2.05. The molecule has 0 aliphatic carbocycles. The predicted octanol–water partition coefficient (Wildman–Crippen LogP) is 3.60. The first-order chi connectivity index (χ1) is 16.1. The molecule has 1 aromatic rings. The number of thiocarbonyl (C=S) groups is 1. The fourth-order valence-electron chi connectivity index (χ4n) is 4.83. The van der Waals surface area contributed by atoms with E-state index in [2.05, 4.69) is 24.8 Å². The van der Waals surface area contributed by atoms with Gasteiger partial charge in [0.15, 0.2) is 0 Å². The summed E-state index contributed by atoms with van der Waals surface area (Å²) in [7, 11) is 0. The normalized spacial score (nSPS) is 21.9. The van der Waals surface area contributed by atoms with Crippen LogP contribution in [0.25, 0.3) is 6.08 Å². The first kappa shape index (κ1) is 26.0. The van der Waals surface area contributed by atoms with E-state index in [4.69, 9.17) is 17.3 Å². The molecule has 0 bridgehead atoms. The van der Waals surface area contributed by atoms with Crippen LogP contribution in [0.4, 0.5) is 5.82 Å². The van der Waals surface area contributed by atoms with Crippen LogP contribution in [0, 0.1) is 30.1 Å². The van der Waals surface area contributed by atoms with Gasteiger partial charge in [0.25, 0.3) is 11.5 Å². The topological polar surface area (TPSA) is 107 Å². The number of aromatic nitrogens is 1. The molecule has 0 saturated carbocycles. The molecule has 8 nitrogen and oxygen atoms in total. The Balaban J connectivity index is 2.12. The van der Waals surface area contributed by atoms with Crippen LogP contribution in [0.1, 0.15) is 56.7 Å². The summed E-state index contributed by atoms with van der Waals surface area (Å²) in [4.78, 5) is 41.2. The van der Waals surface area contributed by atoms with E-state index in [0.29, 0.717) is 45.2 Å². The standard InChI is InChI=1S/C24H30N4O4S2/c1-5-27-21(26-12-14(2)9-15(3)13-26)17(16(4)18(11-25)22(27)31)10-19-23(32)28(24(33)34-19)8-6-7-20(29)30/h10,14-15H,5-9,12-13H2,1-4H3,(H,29,30)/b19-10+. The van der Waals surface area contributed by atoms with Crippen LogP contribution < -0.4 is 10.5 Å². The molecular formula is C24H30N4O4S2. The zero-order valence-electron chi connectivity index (χ0n) is 20.0. The van der Waals surface area contributed by atoms with E-state index in [1.807, 2.05) is 6.92 Å². The summed E-state index contributed by atoms with van der Waals surface area (Å²) in [5, 5.41) is 18.6. The van der Waals surface area contributed by atoms with Crippen molar-refractivity contribution in [1.82, 2.24) is 9.47 Å². The van der Waals surface area contributed by atoms with Gasteiger partial charge in [-0.05, 0) is 50.2 Å². The molecule has 1 N–H and O–H groups in total. The van der Waals surface area contributed by atoms with Gasteiger partial charge in [-0.1, -0.05) is 37.8 Å². The molecule has 2 aliphatic heterocycles. The molecule has 10 heteroatoms. The number of thioether (sulfide) groups is 1. The molecule has 34 heavy (non-hydrogen) atoms. The van der Waals surface area contributed by atoms with E-state index in [1.54, 1.807) is 17.6 Å². The lowest BCUT2D eigenvalue weighted by molar-refractivity contribution is -0.137. The number of amides is 1. The van der Waals surface area contributed by atoms with Crippen molar-refractivity contribution < 1.29 is 14.7 Å². The maximum Gasteiger partial charge on any atom is 0.303 e. The van der Waals surface area contributed by atoms with Crippen molar-refractivity contribution in [3.63, 3.8) is 0 Å². The SMILES string of the molecule is CCn1c(N2CC(C)CC(C)C2)c(/C=C2/SC(=S)N(CCCC(=O)O)C2=O)c(C)c(C#N)c1=O. The summed E-state index contributed by atoms with van der Waals surface area (Å²) < 4.78 is 2.01. The number of pyridine rings is 1. The average Bonchev–Trinajstić information content (AvgIpc) is 3.02. The lowest BCUT2D eigenvalue weighted by Gasteiger charge is -2.38. The number of hydrogen-bond donors (Lipinski definition) is 1. The van der Waals surface area contributed by atoms with Crippen molar-refractivity contribution in [2.75, 3.05) is 24.5 Å². The molecule has 2 atom stereocenters. The van der Waals surface area contributed by atoms with E-state index in [0.717, 1.165) is 37.1 Å². The number of hydrogen-bond acceptors (Lipinski definition) is 7. The largest absolute Gasteiger partial charge is 0.481 e. The molecule has 2 unspecified atom stereocenters. The van der Waals surface area contributed by atoms with Crippen LogP contribution in [-0.4, -0.2) is 50.4 Å². The van der Waals surface area contributed by atoms with Gasteiger partial charge in [-0.2, -0.15) is 5.26 Å². The number of nitrogens with zero attached hydrogens (tertiary/aromatic N) is 4. The highest BCUT2D eigenvalue weighted by Crippen LogP contribution is 2.37. The Hall–Kier alpha value is -2.64. The van der Waals surface area contributed by atoms with E-state index in [1.165, 1.54) is 4.90 Å². The molecule has 0 radical (unpaired) electrons. The highest BCUT2D eigenvalue weighted by atomic mass is 32.2. The summed E-state index contributed by atoms with van der Waals surface area (Å²) in [5.74, 6) is 0.426. The minimum absolute atomic E-state index is 0.0440. The first-order valence-corrected chi connectivity index (χ1v) is 12.7. The first-order valence-electron chi connectivity index (χ1n) is 11.5. The third kappa shape index (κ3) is 5.20. The minimum Gasteiger partial charge on any atom is -0.481 e. The fourth-order valence-corrected chi connectivity index (χ4v) is 6.12. The Morgan fingerprint density at radius 1 is 1.29 bits per heavy atom. The van der Waals surface area contributed by atoms with Gasteiger partial charge in [0, 0.05) is 38.2 Å². The summed E-state index contributed by atoms with van der Waals surface area (Å²) in [5.41, 5.74) is 0.994. The highest BCUT2D eigenvalue weighted by Gasteiger charge is 2.34. The Kier molecular flexibility index (Phi) is 8.21. The van der Waals surface area contributed by atoms with Gasteiger partial charge in [0.2, 0.25) is 0 Å². The third-order valence-electron chi connectivity index (χ3n) is 6.25. The van der Waals surface area contributed by atoms with Crippen LogP contribution in [0.5, 0.6) is 0 Å². The second kappa shape index (κ2) is 10.7. The number of carbonyl (C=O) groups is 2. The van der Waals surface area contributed by atoms with Crippen molar-refractivity contribution >= 4 is 52.1 Å². The molecule has 2 aliphatic rings. The van der Waals surface area contributed by atoms with E-state index < -0.39 is 5.97 Å². The summed E-state index contributed by atoms with van der Waals surface area (Å²) in [6.45, 7) is 10.2. The van der Waals surface area contributed by atoms with Crippen LogP contribution in [-0.2, 0) is 16.1 Å². The molecular weight excluding hydrogens is 472 g/mol. The van der Waals surface area contributed by atoms with Gasteiger partial charge in [0.1, 0.15) is 21.8 Å². The van der Waals surface area contributed by atoms with Gasteiger partial charge < -0.3 is 10.0 Å². The number of carboxylic acids is 1. The van der Waals surface area contributed by atoms with Crippen molar-refractivity contribution in [3.05, 3.63) is 31.9 Å². The highest BCUT2D eigenvalue weighted by molar-refractivity contribution is 8.26. The molecule has 3 rings (SSSR count). The number of nitriles is 1. The van der Waals surface area contributed by atoms with Crippen molar-refractivity contribution in [3.8, 4) is 6.07 Å². The van der Waals surface area contributed by atoms with Crippen molar-refractivity contribution in [2.45, 2.75) is 53.5 Å². The zero-order valence-corrected chi connectivity index (χ0v) is 21.6. The molecule has 1 amide bonds. The van der Waals surface area contributed by atoms with Crippen LogP contribution in [0.3, 0.4) is 0 Å². The Bertz CT molecular complexity index is 1140. The Morgan fingerprint density at radius 2 is 1.94 bits per heavy atom. The third-order valence-corrected chi connectivity index (χ3v) is 7.63. The minimum atomic E-state index is -0.919. The molecule has 0 aromatic carbocycles. The lowest BCUT2D eigenvalue weighted by Crippen LogP contribution is -2.42. The Labute approximate surface area is 209 Å². The van der Waals surface area contributed by atoms with Crippen molar-refractivity contribution in [1.29, 1.82) is 5.26 Å². The molecule has 2 fully saturated rings. The zero-order chi connectivity index (χ0) is 25.2. The maximum absolute atomic E-state index is 13.2. The average molecular weight is 503 g/mol. The number of rotatable bonds is 7. The predicted molar refractivity (Wildman–Crippen MR) is 138 cm³/mol. The second-order valence-corrected chi connectivity index (χ2v) is 10.8. The van der Waals surface area contributed by atoms with E-state index in [9.17, 15) is 19.6 Å². The van der Waals surface area contributed by atoms with Crippen LogP contribution in [0.2, 0.25) is 0 Å². The number of carbonyl (C=O) groups excluding carboxylic acids is 1. The molecule has 2 saturated heterocycles. The fraction of sp³-hybridized carbons (Fsp3) is 0.542. The maximum atomic E-state index is 13.2. The van der Waals surface area contributed by atoms with Crippen LogP contribution in [0.15, 0.2) is 9.70 Å². The van der Waals surface area contributed by atoms with Gasteiger partial charge in [0.05, 0.1) is 4.91 Å². The second-order valence-electron chi connectivity index (χ2n) is 9.08. The molecule has 1 aromatic heterocycles. The van der Waals surface area contributed by atoms with Gasteiger partial charge >= 0.3 is 5.97 Å². The van der Waals surface area contributed by atoms with E-state index >= 15 is 0 Å². The molecule has 182 valence electrons. The smallest absolute Gasteiger partial charge is 0.303 e. The number of aliphatic carboxylic acids is 1. The summed E-state index contributed by atoms with van der Waals surface area (Å²) >= 11 is 6.56. The number of anilines is 1. The van der Waals surface area contributed by atoms with Gasteiger partial charge in [-0.3, -0.25) is 23.9 Å². The molecule has 0 spiro atoms. The Morgan fingerprint density at radius 3 is 2.50 bits per heavy atom. The summed E-state index contributed by atoms with van der Waals surface area (Å²) in [6.07, 6.45) is 3.11. The van der Waals surface area contributed by atoms with E-state index in [-0.39, 0.29) is 30.0 Å². The molecule has 3 heterocycles. The van der Waals surface area contributed by atoms with Gasteiger partial charge in [-0.25, -0.2) is 0 Å². The van der Waals surface area contributed by atoms with Crippen molar-refractivity contribution in [2.24, 2.45) is 11.8 Å². The lowest BCUT2D eigenvalue weighted by atomic mass is 9.91. The van der Waals surface area contributed by atoms with Gasteiger partial charge in [-0.15, -0.1) is 0 Å². The number of carboxylic acid groups (broad SMARTS) is 1. The number of piperidine rings is 1. The van der Waals surface area contributed by atoms with Crippen LogP contribution >= 0.6 is 24.0 Å².